The monoisotopic (exact) mass is 284 g/mol. The van der Waals surface area contributed by atoms with Gasteiger partial charge in [0.15, 0.2) is 0 Å². The van der Waals surface area contributed by atoms with E-state index in [2.05, 4.69) is 20.9 Å². The second-order valence-corrected chi connectivity index (χ2v) is 5.48. The van der Waals surface area contributed by atoms with Gasteiger partial charge in [-0.25, -0.2) is 0 Å². The second kappa shape index (κ2) is 5.04. The number of nitrogens with zero attached hydrogens (tertiary/aromatic N) is 1. The summed E-state index contributed by atoms with van der Waals surface area (Å²) in [7, 11) is 1.88. The minimum absolute atomic E-state index is 0.0811. The van der Waals surface area contributed by atoms with Crippen LogP contribution in [0.4, 0.5) is 0 Å². The van der Waals surface area contributed by atoms with Crippen LogP contribution in [0.25, 0.3) is 0 Å². The molecule has 0 unspecified atom stereocenters. The molecule has 1 fully saturated rings. The van der Waals surface area contributed by atoms with E-state index in [1.165, 1.54) is 25.7 Å². The lowest BCUT2D eigenvalue weighted by atomic mass is 10.1. The second-order valence-electron chi connectivity index (χ2n) is 4.57. The Morgan fingerprint density at radius 1 is 1.56 bits per heavy atom. The molecule has 4 heteroatoms. The van der Waals surface area contributed by atoms with E-state index < -0.39 is 0 Å². The Hall–Kier alpha value is -0.770. The maximum absolute atomic E-state index is 12.0. The predicted octanol–water partition coefficient (Wildman–Crippen LogP) is 3.04. The molecule has 1 aromatic rings. The SMILES string of the molecule is CN(CC1CCCC1)C(=O)c1cc(Br)c[nH]1. The van der Waals surface area contributed by atoms with Crippen molar-refractivity contribution in [3.63, 3.8) is 0 Å². The van der Waals surface area contributed by atoms with Crippen LogP contribution in [-0.2, 0) is 0 Å². The highest BCUT2D eigenvalue weighted by Gasteiger charge is 2.20. The van der Waals surface area contributed by atoms with Gasteiger partial charge in [-0.3, -0.25) is 4.79 Å². The number of aromatic nitrogens is 1. The van der Waals surface area contributed by atoms with Crippen LogP contribution >= 0.6 is 15.9 Å². The molecular weight excluding hydrogens is 268 g/mol. The number of halogens is 1. The molecule has 1 aliphatic carbocycles. The molecule has 0 aromatic carbocycles. The normalized spacial score (nSPS) is 16.6. The summed E-state index contributed by atoms with van der Waals surface area (Å²) >= 11 is 3.34. The smallest absolute Gasteiger partial charge is 0.270 e. The molecule has 1 N–H and O–H groups in total. The molecule has 0 atom stereocenters. The van der Waals surface area contributed by atoms with Crippen molar-refractivity contribution in [1.29, 1.82) is 0 Å². The van der Waals surface area contributed by atoms with Crippen molar-refractivity contribution < 1.29 is 4.79 Å². The van der Waals surface area contributed by atoms with Crippen LogP contribution in [0.5, 0.6) is 0 Å². The Morgan fingerprint density at radius 2 is 2.25 bits per heavy atom. The van der Waals surface area contributed by atoms with E-state index in [9.17, 15) is 4.79 Å². The van der Waals surface area contributed by atoms with E-state index in [1.807, 2.05) is 18.0 Å². The van der Waals surface area contributed by atoms with Crippen LogP contribution in [0, 0.1) is 5.92 Å². The van der Waals surface area contributed by atoms with Gasteiger partial charge in [-0.15, -0.1) is 0 Å². The number of rotatable bonds is 3. The topological polar surface area (TPSA) is 36.1 Å². The van der Waals surface area contributed by atoms with Gasteiger partial charge in [-0.05, 0) is 40.8 Å². The lowest BCUT2D eigenvalue weighted by Gasteiger charge is -2.20. The maximum atomic E-state index is 12.0. The third-order valence-corrected chi connectivity index (χ3v) is 3.69. The molecule has 88 valence electrons. The van der Waals surface area contributed by atoms with Gasteiger partial charge in [0.2, 0.25) is 0 Å². The fourth-order valence-corrected chi connectivity index (χ4v) is 2.70. The predicted molar refractivity (Wildman–Crippen MR) is 67.4 cm³/mol. The van der Waals surface area contributed by atoms with Gasteiger partial charge in [0.1, 0.15) is 5.69 Å². The summed E-state index contributed by atoms with van der Waals surface area (Å²) < 4.78 is 0.921. The molecule has 0 saturated heterocycles. The van der Waals surface area contributed by atoms with E-state index in [0.717, 1.165) is 11.0 Å². The molecule has 0 bridgehead atoms. The Bertz CT molecular complexity index is 369. The molecule has 0 spiro atoms. The van der Waals surface area contributed by atoms with Crippen molar-refractivity contribution in [2.45, 2.75) is 25.7 Å². The summed E-state index contributed by atoms with van der Waals surface area (Å²) in [6, 6.07) is 1.83. The first-order chi connectivity index (χ1) is 7.66. The number of aromatic amines is 1. The highest BCUT2D eigenvalue weighted by atomic mass is 79.9. The molecule has 1 heterocycles. The summed E-state index contributed by atoms with van der Waals surface area (Å²) in [5.74, 6) is 0.782. The highest BCUT2D eigenvalue weighted by molar-refractivity contribution is 9.10. The molecular formula is C12H17BrN2O. The standard InChI is InChI=1S/C12H17BrN2O/c1-15(8-9-4-2-3-5-9)12(16)11-6-10(13)7-14-11/h6-7,9,14H,2-5,8H2,1H3. The number of H-pyrrole nitrogens is 1. The van der Waals surface area contributed by atoms with E-state index in [1.54, 1.807) is 6.20 Å². The van der Waals surface area contributed by atoms with Crippen molar-refractivity contribution in [3.05, 3.63) is 22.4 Å². The zero-order valence-corrected chi connectivity index (χ0v) is 11.1. The van der Waals surface area contributed by atoms with Crippen molar-refractivity contribution in [3.8, 4) is 0 Å². The average molecular weight is 285 g/mol. The van der Waals surface area contributed by atoms with Crippen LogP contribution in [0.15, 0.2) is 16.7 Å². The number of amides is 1. The van der Waals surface area contributed by atoms with Gasteiger partial charge in [0.05, 0.1) is 0 Å². The Labute approximate surface area is 104 Å². The van der Waals surface area contributed by atoms with Gasteiger partial charge in [-0.1, -0.05) is 12.8 Å². The largest absolute Gasteiger partial charge is 0.356 e. The molecule has 16 heavy (non-hydrogen) atoms. The Kier molecular flexibility index (Phi) is 3.69. The van der Waals surface area contributed by atoms with Gasteiger partial charge >= 0.3 is 0 Å². The van der Waals surface area contributed by atoms with Gasteiger partial charge in [0, 0.05) is 24.3 Å². The molecule has 1 saturated carbocycles. The summed E-state index contributed by atoms with van der Waals surface area (Å²) in [6.07, 6.45) is 6.97. The molecule has 1 aromatic heterocycles. The number of carbonyl (C=O) groups is 1. The third kappa shape index (κ3) is 2.67. The first kappa shape index (κ1) is 11.7. The van der Waals surface area contributed by atoms with E-state index >= 15 is 0 Å². The zero-order chi connectivity index (χ0) is 11.5. The van der Waals surface area contributed by atoms with Crippen molar-refractivity contribution >= 4 is 21.8 Å². The number of carbonyl (C=O) groups excluding carboxylic acids is 1. The zero-order valence-electron chi connectivity index (χ0n) is 9.50. The van der Waals surface area contributed by atoms with E-state index in [4.69, 9.17) is 0 Å². The van der Waals surface area contributed by atoms with Gasteiger partial charge in [-0.2, -0.15) is 0 Å². The lowest BCUT2D eigenvalue weighted by Crippen LogP contribution is -2.31. The van der Waals surface area contributed by atoms with Crippen LogP contribution in [0.2, 0.25) is 0 Å². The molecule has 1 amide bonds. The molecule has 2 rings (SSSR count). The fourth-order valence-electron chi connectivity index (χ4n) is 2.36. The Morgan fingerprint density at radius 3 is 2.81 bits per heavy atom. The quantitative estimate of drug-likeness (QED) is 0.910. The van der Waals surface area contributed by atoms with Crippen molar-refractivity contribution in [2.75, 3.05) is 13.6 Å². The van der Waals surface area contributed by atoms with Crippen LogP contribution < -0.4 is 0 Å². The summed E-state index contributed by atoms with van der Waals surface area (Å²) in [5.41, 5.74) is 0.660. The highest BCUT2D eigenvalue weighted by Crippen LogP contribution is 2.25. The van der Waals surface area contributed by atoms with E-state index in [-0.39, 0.29) is 5.91 Å². The van der Waals surface area contributed by atoms with Gasteiger partial charge in [0.25, 0.3) is 5.91 Å². The Balaban J connectivity index is 1.93. The van der Waals surface area contributed by atoms with Crippen LogP contribution in [0.1, 0.15) is 36.2 Å². The summed E-state index contributed by atoms with van der Waals surface area (Å²) in [4.78, 5) is 16.8. The first-order valence-corrected chi connectivity index (χ1v) is 6.55. The summed E-state index contributed by atoms with van der Waals surface area (Å²) in [5, 5.41) is 0. The van der Waals surface area contributed by atoms with Crippen molar-refractivity contribution in [1.82, 2.24) is 9.88 Å². The molecule has 1 aliphatic rings. The number of hydrogen-bond donors (Lipinski definition) is 1. The number of hydrogen-bond acceptors (Lipinski definition) is 1. The molecule has 0 aliphatic heterocycles. The van der Waals surface area contributed by atoms with Crippen LogP contribution in [-0.4, -0.2) is 29.4 Å². The fraction of sp³-hybridized carbons (Fsp3) is 0.583. The van der Waals surface area contributed by atoms with E-state index in [0.29, 0.717) is 11.6 Å². The minimum atomic E-state index is 0.0811. The van der Waals surface area contributed by atoms with Crippen molar-refractivity contribution in [2.24, 2.45) is 5.92 Å². The summed E-state index contributed by atoms with van der Waals surface area (Å²) in [6.45, 7) is 0.884. The van der Waals surface area contributed by atoms with Crippen LogP contribution in [0.3, 0.4) is 0 Å². The molecule has 0 radical (unpaired) electrons. The maximum Gasteiger partial charge on any atom is 0.270 e. The number of nitrogens with one attached hydrogen (secondary N) is 1. The first-order valence-electron chi connectivity index (χ1n) is 5.76. The van der Waals surface area contributed by atoms with Gasteiger partial charge < -0.3 is 9.88 Å². The lowest BCUT2D eigenvalue weighted by molar-refractivity contribution is 0.0768. The third-order valence-electron chi connectivity index (χ3n) is 3.23. The molecule has 3 nitrogen and oxygen atoms in total. The minimum Gasteiger partial charge on any atom is -0.356 e. The average Bonchev–Trinajstić information content (AvgIpc) is 2.88.